The Balaban J connectivity index is 1.71. The van der Waals surface area contributed by atoms with Gasteiger partial charge in [-0.15, -0.1) is 11.8 Å². The molecule has 0 aliphatic carbocycles. The Labute approximate surface area is 181 Å². The van der Waals surface area contributed by atoms with E-state index in [1.165, 1.54) is 23.9 Å². The van der Waals surface area contributed by atoms with Gasteiger partial charge in [-0.1, -0.05) is 32.0 Å². The smallest absolute Gasteiger partial charge is 0.228 e. The summed E-state index contributed by atoms with van der Waals surface area (Å²) in [5.41, 5.74) is 3.21. The molecule has 2 aromatic carbocycles. The highest BCUT2D eigenvalue weighted by molar-refractivity contribution is 7.99. The molecule has 0 fully saturated rings. The number of amides is 2. The number of carbonyl (C=O) groups is 2. The molecule has 2 amide bonds. The average Bonchev–Trinajstić information content (AvgIpc) is 2.86. The number of carbonyl (C=O) groups excluding carboxylic acids is 2. The molecule has 3 rings (SSSR count). The summed E-state index contributed by atoms with van der Waals surface area (Å²) in [6.07, 6.45) is 0.627. The van der Waals surface area contributed by atoms with Gasteiger partial charge in [-0.2, -0.15) is 0 Å². The van der Waals surface area contributed by atoms with Crippen LogP contribution in [-0.4, -0.2) is 31.7 Å². The number of nitrogens with one attached hydrogen (secondary N) is 2. The molecule has 1 atom stereocenters. The van der Waals surface area contributed by atoms with Crippen molar-refractivity contribution in [3.8, 4) is 0 Å². The van der Waals surface area contributed by atoms with Gasteiger partial charge in [-0.25, -0.2) is 8.42 Å². The summed E-state index contributed by atoms with van der Waals surface area (Å²) in [5, 5.41) is 5.66. The van der Waals surface area contributed by atoms with Crippen LogP contribution < -0.4 is 10.6 Å². The lowest BCUT2D eigenvalue weighted by atomic mass is 10.1. The van der Waals surface area contributed by atoms with Crippen molar-refractivity contribution < 1.29 is 18.0 Å². The Hall–Kier alpha value is -2.32. The maximum atomic E-state index is 12.8. The number of sulfone groups is 1. The number of rotatable bonds is 6. The van der Waals surface area contributed by atoms with Crippen LogP contribution >= 0.6 is 11.8 Å². The van der Waals surface area contributed by atoms with Crippen LogP contribution in [0.15, 0.2) is 46.2 Å². The first-order chi connectivity index (χ1) is 14.2. The van der Waals surface area contributed by atoms with Crippen molar-refractivity contribution in [2.24, 2.45) is 5.92 Å². The molecule has 0 unspecified atom stereocenters. The van der Waals surface area contributed by atoms with Crippen molar-refractivity contribution in [1.29, 1.82) is 0 Å². The molecule has 1 aliphatic rings. The summed E-state index contributed by atoms with van der Waals surface area (Å²) in [4.78, 5) is 25.5. The lowest BCUT2D eigenvalue weighted by Crippen LogP contribution is -2.20. The normalized spacial score (nSPS) is 16.4. The van der Waals surface area contributed by atoms with Crippen molar-refractivity contribution in [2.75, 3.05) is 22.1 Å². The van der Waals surface area contributed by atoms with Crippen molar-refractivity contribution >= 4 is 44.8 Å². The number of anilines is 2. The highest BCUT2D eigenvalue weighted by Gasteiger charge is 2.23. The monoisotopic (exact) mass is 446 g/mol. The quantitative estimate of drug-likeness (QED) is 0.699. The Morgan fingerprint density at radius 3 is 2.77 bits per heavy atom. The summed E-state index contributed by atoms with van der Waals surface area (Å²) in [6.45, 7) is 5.75. The van der Waals surface area contributed by atoms with E-state index in [1.54, 1.807) is 6.07 Å². The molecule has 2 N–H and O–H groups in total. The van der Waals surface area contributed by atoms with Crippen LogP contribution in [-0.2, 0) is 25.8 Å². The molecule has 8 heteroatoms. The van der Waals surface area contributed by atoms with E-state index >= 15 is 0 Å². The average molecular weight is 447 g/mol. The first-order valence-electron chi connectivity index (χ1n) is 9.90. The maximum absolute atomic E-state index is 12.8. The van der Waals surface area contributed by atoms with Gasteiger partial charge in [0, 0.05) is 28.7 Å². The standard InChI is InChI=1S/C22H26N2O4S2/c1-4-16-7-5-6-14(2)21(16)24-20(25)10-11-30(27,28)17-8-9-19-18(12-17)23-22(26)15(3)13-29-19/h5-9,12,15H,4,10-11,13H2,1-3H3,(H,23,26)(H,24,25)/t15-/m0/s1. The molecule has 0 aromatic heterocycles. The Morgan fingerprint density at radius 2 is 2.03 bits per heavy atom. The van der Waals surface area contributed by atoms with E-state index in [1.807, 2.05) is 39.0 Å². The summed E-state index contributed by atoms with van der Waals surface area (Å²) < 4.78 is 25.6. The molecular weight excluding hydrogens is 420 g/mol. The third-order valence-corrected chi connectivity index (χ3v) is 8.15. The lowest BCUT2D eigenvalue weighted by molar-refractivity contribution is -0.118. The van der Waals surface area contributed by atoms with Crippen LogP contribution in [0.25, 0.3) is 0 Å². The van der Waals surface area contributed by atoms with Crippen LogP contribution in [0.4, 0.5) is 11.4 Å². The van der Waals surface area contributed by atoms with Gasteiger partial charge in [0.15, 0.2) is 9.84 Å². The first kappa shape index (κ1) is 22.4. The fraction of sp³-hybridized carbons (Fsp3) is 0.364. The molecular formula is C22H26N2O4S2. The van der Waals surface area contributed by atoms with Crippen molar-refractivity contribution in [3.05, 3.63) is 47.5 Å². The molecule has 1 aliphatic heterocycles. The molecule has 0 saturated heterocycles. The fourth-order valence-electron chi connectivity index (χ4n) is 3.22. The number of hydrogen-bond donors (Lipinski definition) is 2. The third-order valence-electron chi connectivity index (χ3n) is 5.11. The summed E-state index contributed by atoms with van der Waals surface area (Å²) in [6, 6.07) is 10.5. The van der Waals surface area contributed by atoms with Gasteiger partial charge in [0.05, 0.1) is 16.3 Å². The van der Waals surface area contributed by atoms with Gasteiger partial charge >= 0.3 is 0 Å². The highest BCUT2D eigenvalue weighted by Crippen LogP contribution is 2.34. The Morgan fingerprint density at radius 1 is 1.27 bits per heavy atom. The second-order valence-electron chi connectivity index (χ2n) is 7.44. The van der Waals surface area contributed by atoms with Gasteiger partial charge in [-0.3, -0.25) is 9.59 Å². The Bertz CT molecular complexity index is 1080. The van der Waals surface area contributed by atoms with Gasteiger partial charge in [0.2, 0.25) is 11.8 Å². The molecule has 6 nitrogen and oxygen atoms in total. The first-order valence-corrected chi connectivity index (χ1v) is 12.5. The van der Waals surface area contributed by atoms with Crippen LogP contribution in [0.5, 0.6) is 0 Å². The van der Waals surface area contributed by atoms with Crippen molar-refractivity contribution in [3.63, 3.8) is 0 Å². The molecule has 160 valence electrons. The predicted octanol–water partition coefficient (Wildman–Crippen LogP) is 4.04. The van der Waals surface area contributed by atoms with E-state index in [4.69, 9.17) is 0 Å². The second-order valence-corrected chi connectivity index (χ2v) is 10.6. The van der Waals surface area contributed by atoms with E-state index < -0.39 is 9.84 Å². The number of thioether (sulfide) groups is 1. The van der Waals surface area contributed by atoms with E-state index in [9.17, 15) is 18.0 Å². The summed E-state index contributed by atoms with van der Waals surface area (Å²) in [7, 11) is -3.67. The van der Waals surface area contributed by atoms with E-state index in [0.717, 1.165) is 28.1 Å². The highest BCUT2D eigenvalue weighted by atomic mass is 32.2. The van der Waals surface area contributed by atoms with E-state index in [-0.39, 0.29) is 34.8 Å². The van der Waals surface area contributed by atoms with E-state index in [2.05, 4.69) is 10.6 Å². The molecule has 0 bridgehead atoms. The van der Waals surface area contributed by atoms with Crippen LogP contribution in [0.2, 0.25) is 0 Å². The minimum atomic E-state index is -3.67. The molecule has 0 radical (unpaired) electrons. The molecule has 0 saturated carbocycles. The van der Waals surface area contributed by atoms with Gasteiger partial charge < -0.3 is 10.6 Å². The van der Waals surface area contributed by atoms with Gasteiger partial charge in [-0.05, 0) is 42.7 Å². The molecule has 30 heavy (non-hydrogen) atoms. The maximum Gasteiger partial charge on any atom is 0.228 e. The minimum Gasteiger partial charge on any atom is -0.326 e. The lowest BCUT2D eigenvalue weighted by Gasteiger charge is -2.13. The van der Waals surface area contributed by atoms with Crippen LogP contribution in [0.1, 0.15) is 31.4 Å². The third kappa shape index (κ3) is 5.05. The topological polar surface area (TPSA) is 92.3 Å². The van der Waals surface area contributed by atoms with Crippen molar-refractivity contribution in [2.45, 2.75) is 43.4 Å². The zero-order valence-electron chi connectivity index (χ0n) is 17.3. The van der Waals surface area contributed by atoms with Crippen LogP contribution in [0.3, 0.4) is 0 Å². The number of para-hydroxylation sites is 1. The summed E-state index contributed by atoms with van der Waals surface area (Å²) in [5.74, 6) is -0.276. The van der Waals surface area contributed by atoms with Gasteiger partial charge in [0.1, 0.15) is 0 Å². The van der Waals surface area contributed by atoms with Crippen LogP contribution in [0, 0.1) is 12.8 Å². The molecule has 0 spiro atoms. The predicted molar refractivity (Wildman–Crippen MR) is 121 cm³/mol. The molecule has 2 aromatic rings. The van der Waals surface area contributed by atoms with E-state index in [0.29, 0.717) is 11.4 Å². The number of hydrogen-bond acceptors (Lipinski definition) is 5. The second kappa shape index (κ2) is 9.22. The molecule has 1 heterocycles. The largest absolute Gasteiger partial charge is 0.326 e. The number of benzene rings is 2. The number of fused-ring (bicyclic) bond motifs is 1. The minimum absolute atomic E-state index is 0.106. The van der Waals surface area contributed by atoms with Crippen molar-refractivity contribution in [1.82, 2.24) is 0 Å². The SMILES string of the molecule is CCc1cccc(C)c1NC(=O)CCS(=O)(=O)c1ccc2c(c1)NC(=O)[C@@H](C)CS2. The van der Waals surface area contributed by atoms with Gasteiger partial charge in [0.25, 0.3) is 0 Å². The zero-order valence-corrected chi connectivity index (χ0v) is 19.0. The Kier molecular flexibility index (Phi) is 6.88. The summed E-state index contributed by atoms with van der Waals surface area (Å²) >= 11 is 1.52. The zero-order chi connectivity index (χ0) is 21.9. The fourth-order valence-corrected chi connectivity index (χ4v) is 5.49. The number of aryl methyl sites for hydroxylation is 2.